The summed E-state index contributed by atoms with van der Waals surface area (Å²) in [6.45, 7) is 2.31. The molecule has 1 aromatic heterocycles. The Labute approximate surface area is 185 Å². The number of halogens is 1. The molecule has 8 heteroatoms. The lowest BCUT2D eigenvalue weighted by molar-refractivity contribution is 0.0123. The molecule has 0 unspecified atom stereocenters. The zero-order valence-corrected chi connectivity index (χ0v) is 17.9. The van der Waals surface area contributed by atoms with E-state index in [1.807, 2.05) is 42.3 Å². The van der Waals surface area contributed by atoms with Crippen LogP contribution in [0.3, 0.4) is 0 Å². The van der Waals surface area contributed by atoms with Crippen LogP contribution < -0.4 is 10.1 Å². The Morgan fingerprint density at radius 1 is 1.25 bits per heavy atom. The molecule has 1 saturated carbocycles. The molecule has 1 fully saturated rings. The van der Waals surface area contributed by atoms with E-state index in [0.29, 0.717) is 24.4 Å². The zero-order valence-electron chi connectivity index (χ0n) is 17.9. The smallest absolute Gasteiger partial charge is 0.290 e. The van der Waals surface area contributed by atoms with Crippen LogP contribution in [0.1, 0.15) is 28.2 Å². The number of aromatic nitrogens is 1. The van der Waals surface area contributed by atoms with Crippen LogP contribution in [-0.2, 0) is 6.54 Å². The molecule has 0 radical (unpaired) electrons. The number of carbonyl (C=O) groups excluding carboxylic acids is 1. The van der Waals surface area contributed by atoms with E-state index in [0.717, 1.165) is 5.56 Å². The van der Waals surface area contributed by atoms with Gasteiger partial charge in [0.2, 0.25) is 5.76 Å². The third kappa shape index (κ3) is 4.98. The van der Waals surface area contributed by atoms with E-state index < -0.39 is 36.0 Å². The summed E-state index contributed by atoms with van der Waals surface area (Å²) in [5.41, 5.74) is 1.68. The molecule has 168 valence electrons. The second kappa shape index (κ2) is 9.50. The minimum absolute atomic E-state index is 0.107. The molecule has 2 N–H and O–H groups in total. The van der Waals surface area contributed by atoms with Gasteiger partial charge in [0.25, 0.3) is 5.91 Å². The molecule has 1 aliphatic rings. The number of rotatable bonds is 7. The van der Waals surface area contributed by atoms with Gasteiger partial charge in [0.1, 0.15) is 23.8 Å². The lowest BCUT2D eigenvalue weighted by Crippen LogP contribution is -2.51. The number of nitrogens with one attached hydrogen (secondary N) is 1. The minimum Gasteiger partial charge on any atom is -0.487 e. The standard InChI is InChI=1S/C24H26FN3O4/c1-15-11-21(32-27-15)24(30)26-19-13-20(31-18-10-6-9-17(25)12-18)23(29)22(19)28(2)14-16-7-4-3-5-8-16/h3-12,19-20,22-23,29H,13-14H2,1-2H3,(H,26,30)/t19-,20-,22+,23+/m1/s1. The summed E-state index contributed by atoms with van der Waals surface area (Å²) in [7, 11) is 1.89. The molecule has 32 heavy (non-hydrogen) atoms. The molecule has 1 aliphatic carbocycles. The van der Waals surface area contributed by atoms with E-state index in [4.69, 9.17) is 9.26 Å². The number of likely N-dealkylation sites (N-methyl/N-ethyl adjacent to an activating group) is 1. The summed E-state index contributed by atoms with van der Waals surface area (Å²) in [5.74, 6) is -0.391. The number of aliphatic hydroxyl groups excluding tert-OH is 1. The zero-order chi connectivity index (χ0) is 22.7. The molecule has 7 nitrogen and oxygen atoms in total. The van der Waals surface area contributed by atoms with Gasteiger partial charge in [-0.2, -0.15) is 0 Å². The number of nitrogens with zero attached hydrogens (tertiary/aromatic N) is 2. The second-order valence-corrected chi connectivity index (χ2v) is 8.14. The fraction of sp³-hybridized carbons (Fsp3) is 0.333. The van der Waals surface area contributed by atoms with E-state index in [2.05, 4.69) is 10.5 Å². The second-order valence-electron chi connectivity index (χ2n) is 8.14. The summed E-state index contributed by atoms with van der Waals surface area (Å²) in [4.78, 5) is 14.7. The van der Waals surface area contributed by atoms with Crippen molar-refractivity contribution in [2.24, 2.45) is 0 Å². The van der Waals surface area contributed by atoms with Crippen LogP contribution in [-0.4, -0.2) is 52.4 Å². The Morgan fingerprint density at radius 2 is 2.03 bits per heavy atom. The Hall–Kier alpha value is -3.23. The van der Waals surface area contributed by atoms with Crippen LogP contribution in [0.5, 0.6) is 5.75 Å². The number of hydrogen-bond acceptors (Lipinski definition) is 6. The normalized spacial score (nSPS) is 22.8. The van der Waals surface area contributed by atoms with Gasteiger partial charge in [-0.05, 0) is 31.7 Å². The highest BCUT2D eigenvalue weighted by atomic mass is 19.1. The number of carbonyl (C=O) groups is 1. The van der Waals surface area contributed by atoms with E-state index >= 15 is 0 Å². The van der Waals surface area contributed by atoms with Crippen molar-refractivity contribution in [3.05, 3.63) is 83.5 Å². The molecular formula is C24H26FN3O4. The molecule has 4 rings (SSSR count). The first-order chi connectivity index (χ1) is 15.4. The Kier molecular flexibility index (Phi) is 6.53. The number of amides is 1. The molecule has 1 heterocycles. The summed E-state index contributed by atoms with van der Waals surface area (Å²) >= 11 is 0. The lowest BCUT2D eigenvalue weighted by Gasteiger charge is -2.32. The summed E-state index contributed by atoms with van der Waals surface area (Å²) in [6.07, 6.45) is -1.18. The number of ether oxygens (including phenoxy) is 1. The molecule has 0 spiro atoms. The lowest BCUT2D eigenvalue weighted by atomic mass is 10.1. The van der Waals surface area contributed by atoms with E-state index in [1.165, 1.54) is 12.1 Å². The van der Waals surface area contributed by atoms with Gasteiger partial charge in [0, 0.05) is 25.1 Å². The van der Waals surface area contributed by atoms with Gasteiger partial charge in [-0.3, -0.25) is 9.69 Å². The summed E-state index contributed by atoms with van der Waals surface area (Å²) in [6, 6.07) is 16.4. The predicted octanol–water partition coefficient (Wildman–Crippen LogP) is 2.93. The first-order valence-corrected chi connectivity index (χ1v) is 10.5. The Bertz CT molecular complexity index is 1060. The summed E-state index contributed by atoms with van der Waals surface area (Å²) in [5, 5.41) is 17.9. The van der Waals surface area contributed by atoms with Crippen LogP contribution in [0, 0.1) is 12.7 Å². The molecular weight excluding hydrogens is 413 g/mol. The highest BCUT2D eigenvalue weighted by molar-refractivity contribution is 5.91. The van der Waals surface area contributed by atoms with Gasteiger partial charge < -0.3 is 19.7 Å². The summed E-state index contributed by atoms with van der Waals surface area (Å²) < 4.78 is 24.6. The highest BCUT2D eigenvalue weighted by Gasteiger charge is 2.46. The third-order valence-electron chi connectivity index (χ3n) is 5.66. The molecule has 0 bridgehead atoms. The topological polar surface area (TPSA) is 87.8 Å². The van der Waals surface area contributed by atoms with Crippen molar-refractivity contribution in [3.8, 4) is 5.75 Å². The molecule has 0 aliphatic heterocycles. The third-order valence-corrected chi connectivity index (χ3v) is 5.66. The minimum atomic E-state index is -0.909. The first kappa shape index (κ1) is 22.0. The van der Waals surface area contributed by atoms with Gasteiger partial charge in [0.15, 0.2) is 0 Å². The first-order valence-electron chi connectivity index (χ1n) is 10.5. The quantitative estimate of drug-likeness (QED) is 0.589. The molecule has 0 saturated heterocycles. The molecule has 4 atom stereocenters. The largest absolute Gasteiger partial charge is 0.487 e. The fourth-order valence-electron chi connectivity index (χ4n) is 4.22. The average molecular weight is 439 g/mol. The van der Waals surface area contributed by atoms with Crippen molar-refractivity contribution in [2.75, 3.05) is 7.05 Å². The maximum Gasteiger partial charge on any atom is 0.290 e. The molecule has 1 amide bonds. The van der Waals surface area contributed by atoms with Crippen molar-refractivity contribution in [3.63, 3.8) is 0 Å². The van der Waals surface area contributed by atoms with Crippen LogP contribution in [0.25, 0.3) is 0 Å². The van der Waals surface area contributed by atoms with E-state index in [9.17, 15) is 14.3 Å². The van der Waals surface area contributed by atoms with Crippen LogP contribution in [0.15, 0.2) is 65.2 Å². The fourth-order valence-corrected chi connectivity index (χ4v) is 4.22. The van der Waals surface area contributed by atoms with E-state index in [1.54, 1.807) is 25.1 Å². The monoisotopic (exact) mass is 439 g/mol. The van der Waals surface area contributed by atoms with Gasteiger partial charge in [0.05, 0.1) is 17.8 Å². The SMILES string of the molecule is Cc1cc(C(=O)N[C@@H]2C[C@@H](Oc3cccc(F)c3)[C@H](O)[C@H]2N(C)Cc2ccccc2)on1. The van der Waals surface area contributed by atoms with E-state index in [-0.39, 0.29) is 5.76 Å². The van der Waals surface area contributed by atoms with Crippen LogP contribution >= 0.6 is 0 Å². The number of benzene rings is 2. The van der Waals surface area contributed by atoms with Crippen LogP contribution in [0.4, 0.5) is 4.39 Å². The van der Waals surface area contributed by atoms with Gasteiger partial charge >= 0.3 is 0 Å². The van der Waals surface area contributed by atoms with Gasteiger partial charge in [-0.15, -0.1) is 0 Å². The predicted molar refractivity (Wildman–Crippen MR) is 116 cm³/mol. The van der Waals surface area contributed by atoms with Crippen molar-refractivity contribution in [2.45, 2.75) is 44.2 Å². The van der Waals surface area contributed by atoms with Crippen molar-refractivity contribution in [1.82, 2.24) is 15.4 Å². The van der Waals surface area contributed by atoms with Crippen molar-refractivity contribution < 1.29 is 23.6 Å². The van der Waals surface area contributed by atoms with Crippen molar-refractivity contribution >= 4 is 5.91 Å². The Morgan fingerprint density at radius 3 is 2.72 bits per heavy atom. The molecule has 2 aromatic carbocycles. The maximum absolute atomic E-state index is 13.6. The average Bonchev–Trinajstić information content (AvgIpc) is 3.32. The van der Waals surface area contributed by atoms with Gasteiger partial charge in [-0.1, -0.05) is 41.6 Å². The molecule has 3 aromatic rings. The van der Waals surface area contributed by atoms with Crippen molar-refractivity contribution in [1.29, 1.82) is 0 Å². The van der Waals surface area contributed by atoms with Crippen LogP contribution in [0.2, 0.25) is 0 Å². The number of aryl methyl sites for hydroxylation is 1. The number of aliphatic hydroxyl groups is 1. The Balaban J connectivity index is 1.54. The maximum atomic E-state index is 13.6. The van der Waals surface area contributed by atoms with Gasteiger partial charge in [-0.25, -0.2) is 4.39 Å². The highest BCUT2D eigenvalue weighted by Crippen LogP contribution is 2.30. The number of hydrogen-bond donors (Lipinski definition) is 2.